The summed E-state index contributed by atoms with van der Waals surface area (Å²) in [6.07, 6.45) is 6.67. The number of aliphatic hydroxyl groups excluding tert-OH is 1. The third-order valence-corrected chi connectivity index (χ3v) is 3.45. The summed E-state index contributed by atoms with van der Waals surface area (Å²) in [6, 6.07) is 4.08. The second-order valence-electron chi connectivity index (χ2n) is 4.59. The van der Waals surface area contributed by atoms with Gasteiger partial charge in [0.1, 0.15) is 11.3 Å². The summed E-state index contributed by atoms with van der Waals surface area (Å²) in [5, 5.41) is 9.44. The van der Waals surface area contributed by atoms with Gasteiger partial charge in [-0.15, -0.1) is 0 Å². The third-order valence-electron chi connectivity index (χ3n) is 3.45. The van der Waals surface area contributed by atoms with Crippen molar-refractivity contribution in [2.45, 2.75) is 25.3 Å². The number of anilines is 1. The van der Waals surface area contributed by atoms with E-state index in [1.54, 1.807) is 12.4 Å². The maximum absolute atomic E-state index is 9.44. The summed E-state index contributed by atoms with van der Waals surface area (Å²) in [5.74, 6) is 0.891. The van der Waals surface area contributed by atoms with Gasteiger partial charge in [0.15, 0.2) is 5.65 Å². The van der Waals surface area contributed by atoms with Crippen molar-refractivity contribution in [1.29, 1.82) is 0 Å². The molecule has 0 saturated carbocycles. The zero-order valence-corrected chi connectivity index (χ0v) is 10.2. The number of hydrogen-bond acceptors (Lipinski definition) is 5. The quantitative estimate of drug-likeness (QED) is 0.864. The Morgan fingerprint density at radius 1 is 1.22 bits per heavy atom. The molecule has 1 unspecified atom stereocenters. The number of piperidine rings is 1. The van der Waals surface area contributed by atoms with Gasteiger partial charge in [-0.25, -0.2) is 9.97 Å². The standard InChI is InChI=1S/C13H16N4O/c18-9-10-3-1-2-8-17(10)12-5-4-11-13(16-12)15-7-6-14-11/h4-7,10,18H,1-3,8-9H2. The number of fused-ring (bicyclic) bond motifs is 1. The smallest absolute Gasteiger partial charge is 0.180 e. The molecule has 1 fully saturated rings. The van der Waals surface area contributed by atoms with Crippen molar-refractivity contribution in [3.8, 4) is 0 Å². The lowest BCUT2D eigenvalue weighted by molar-refractivity contribution is 0.239. The maximum Gasteiger partial charge on any atom is 0.180 e. The molecule has 18 heavy (non-hydrogen) atoms. The number of aliphatic hydroxyl groups is 1. The van der Waals surface area contributed by atoms with Crippen molar-refractivity contribution in [3.05, 3.63) is 24.5 Å². The van der Waals surface area contributed by atoms with Crippen molar-refractivity contribution in [1.82, 2.24) is 15.0 Å². The first-order valence-corrected chi connectivity index (χ1v) is 6.34. The highest BCUT2D eigenvalue weighted by atomic mass is 16.3. The van der Waals surface area contributed by atoms with Crippen molar-refractivity contribution in [2.24, 2.45) is 0 Å². The lowest BCUT2D eigenvalue weighted by atomic mass is 10.0. The lowest BCUT2D eigenvalue weighted by Gasteiger charge is -2.35. The fraction of sp³-hybridized carbons (Fsp3) is 0.462. The lowest BCUT2D eigenvalue weighted by Crippen LogP contribution is -2.42. The predicted molar refractivity (Wildman–Crippen MR) is 69.4 cm³/mol. The topological polar surface area (TPSA) is 62.1 Å². The van der Waals surface area contributed by atoms with E-state index in [2.05, 4.69) is 19.9 Å². The first kappa shape index (κ1) is 11.3. The first-order valence-electron chi connectivity index (χ1n) is 6.34. The SMILES string of the molecule is OCC1CCCCN1c1ccc2nccnc2n1. The molecule has 0 amide bonds. The summed E-state index contributed by atoms with van der Waals surface area (Å²) >= 11 is 0. The minimum absolute atomic E-state index is 0.181. The van der Waals surface area contributed by atoms with Gasteiger partial charge in [0.05, 0.1) is 12.6 Å². The molecule has 1 aliphatic heterocycles. The molecule has 3 rings (SSSR count). The Labute approximate surface area is 106 Å². The molecule has 0 radical (unpaired) electrons. The Hall–Kier alpha value is -1.75. The van der Waals surface area contributed by atoms with Crippen LogP contribution in [0.15, 0.2) is 24.5 Å². The highest BCUT2D eigenvalue weighted by Crippen LogP contribution is 2.23. The van der Waals surface area contributed by atoms with Gasteiger partial charge in [-0.05, 0) is 31.4 Å². The minimum atomic E-state index is 0.181. The van der Waals surface area contributed by atoms with Gasteiger partial charge >= 0.3 is 0 Å². The molecular weight excluding hydrogens is 228 g/mol. The highest BCUT2D eigenvalue weighted by Gasteiger charge is 2.22. The summed E-state index contributed by atoms with van der Waals surface area (Å²) in [4.78, 5) is 15.2. The van der Waals surface area contributed by atoms with Crippen LogP contribution >= 0.6 is 0 Å². The first-order chi connectivity index (χ1) is 8.88. The van der Waals surface area contributed by atoms with Gasteiger partial charge in [-0.2, -0.15) is 0 Å². The zero-order valence-electron chi connectivity index (χ0n) is 10.2. The second kappa shape index (κ2) is 4.86. The van der Waals surface area contributed by atoms with Crippen LogP contribution in [0.1, 0.15) is 19.3 Å². The van der Waals surface area contributed by atoms with Crippen LogP contribution in [0, 0.1) is 0 Å². The molecule has 2 aromatic rings. The highest BCUT2D eigenvalue weighted by molar-refractivity contribution is 5.71. The van der Waals surface area contributed by atoms with Crippen molar-refractivity contribution in [2.75, 3.05) is 18.1 Å². The molecule has 0 bridgehead atoms. The number of hydrogen-bond donors (Lipinski definition) is 1. The Morgan fingerprint density at radius 3 is 3.00 bits per heavy atom. The molecule has 1 N–H and O–H groups in total. The van der Waals surface area contributed by atoms with E-state index in [0.29, 0.717) is 5.65 Å². The van der Waals surface area contributed by atoms with E-state index in [0.717, 1.165) is 30.7 Å². The molecule has 3 heterocycles. The van der Waals surface area contributed by atoms with Crippen molar-refractivity contribution in [3.63, 3.8) is 0 Å². The molecule has 0 aliphatic carbocycles. The molecular formula is C13H16N4O. The van der Waals surface area contributed by atoms with Gasteiger partial charge in [0.25, 0.3) is 0 Å². The number of rotatable bonds is 2. The van der Waals surface area contributed by atoms with Crippen LogP contribution < -0.4 is 4.90 Å². The van der Waals surface area contributed by atoms with Crippen LogP contribution in [0.4, 0.5) is 5.82 Å². The summed E-state index contributed by atoms with van der Waals surface area (Å²) in [7, 11) is 0. The second-order valence-corrected chi connectivity index (χ2v) is 4.59. The summed E-state index contributed by atoms with van der Waals surface area (Å²) in [5.41, 5.74) is 1.47. The molecule has 94 valence electrons. The Bertz CT molecular complexity index is 545. The van der Waals surface area contributed by atoms with Gasteiger partial charge in [0.2, 0.25) is 0 Å². The van der Waals surface area contributed by atoms with Crippen molar-refractivity contribution >= 4 is 17.0 Å². The van der Waals surface area contributed by atoms with Gasteiger partial charge in [-0.3, -0.25) is 4.98 Å². The molecule has 5 nitrogen and oxygen atoms in total. The van der Waals surface area contributed by atoms with Crippen LogP contribution in [-0.4, -0.2) is 39.3 Å². The monoisotopic (exact) mass is 244 g/mol. The molecule has 2 aromatic heterocycles. The fourth-order valence-electron chi connectivity index (χ4n) is 2.50. The molecule has 5 heteroatoms. The number of aromatic nitrogens is 3. The van der Waals surface area contributed by atoms with E-state index in [1.165, 1.54) is 6.42 Å². The van der Waals surface area contributed by atoms with E-state index >= 15 is 0 Å². The Balaban J connectivity index is 1.97. The van der Waals surface area contributed by atoms with Crippen LogP contribution in [0.5, 0.6) is 0 Å². The van der Waals surface area contributed by atoms with E-state index in [9.17, 15) is 5.11 Å². The Kier molecular flexibility index (Phi) is 3.06. The van der Waals surface area contributed by atoms with Gasteiger partial charge < -0.3 is 10.0 Å². The average Bonchev–Trinajstić information content (AvgIpc) is 2.46. The number of nitrogens with zero attached hydrogens (tertiary/aromatic N) is 4. The summed E-state index contributed by atoms with van der Waals surface area (Å²) in [6.45, 7) is 1.13. The van der Waals surface area contributed by atoms with E-state index in [1.807, 2.05) is 12.1 Å². The maximum atomic E-state index is 9.44. The van der Waals surface area contributed by atoms with Crippen LogP contribution in [0.25, 0.3) is 11.2 Å². The fourth-order valence-corrected chi connectivity index (χ4v) is 2.50. The average molecular weight is 244 g/mol. The third kappa shape index (κ3) is 2.01. The molecule has 0 spiro atoms. The van der Waals surface area contributed by atoms with Crippen LogP contribution in [0.3, 0.4) is 0 Å². The summed E-state index contributed by atoms with van der Waals surface area (Å²) < 4.78 is 0. The van der Waals surface area contributed by atoms with E-state index in [-0.39, 0.29) is 12.6 Å². The molecule has 1 aliphatic rings. The molecule has 1 atom stereocenters. The normalized spacial score (nSPS) is 20.3. The van der Waals surface area contributed by atoms with E-state index in [4.69, 9.17) is 0 Å². The predicted octanol–water partition coefficient (Wildman–Crippen LogP) is 1.38. The molecule has 0 aromatic carbocycles. The largest absolute Gasteiger partial charge is 0.394 e. The van der Waals surface area contributed by atoms with Gasteiger partial charge in [0, 0.05) is 18.9 Å². The number of pyridine rings is 1. The van der Waals surface area contributed by atoms with Gasteiger partial charge in [-0.1, -0.05) is 0 Å². The Morgan fingerprint density at radius 2 is 2.11 bits per heavy atom. The van der Waals surface area contributed by atoms with Crippen LogP contribution in [0.2, 0.25) is 0 Å². The molecule has 1 saturated heterocycles. The zero-order chi connectivity index (χ0) is 12.4. The van der Waals surface area contributed by atoms with Crippen molar-refractivity contribution < 1.29 is 5.11 Å². The van der Waals surface area contributed by atoms with E-state index < -0.39 is 0 Å². The van der Waals surface area contributed by atoms with Crippen LogP contribution in [-0.2, 0) is 0 Å². The minimum Gasteiger partial charge on any atom is -0.394 e.